The molecule has 1 aromatic heterocycles. The lowest BCUT2D eigenvalue weighted by atomic mass is 10.2. The maximum atomic E-state index is 4.90. The first kappa shape index (κ1) is 17.2. The summed E-state index contributed by atoms with van der Waals surface area (Å²) in [6.45, 7) is 4.14. The SMILES string of the molecule is CN1CCN(c2nc(NC3CCCC3)c3ccccc3n2)CC1.Cl. The van der Waals surface area contributed by atoms with Crippen LogP contribution >= 0.6 is 12.4 Å². The summed E-state index contributed by atoms with van der Waals surface area (Å²) in [5.41, 5.74) is 1.04. The second-order valence-electron chi connectivity index (χ2n) is 6.81. The average molecular weight is 348 g/mol. The van der Waals surface area contributed by atoms with Gasteiger partial charge in [-0.3, -0.25) is 0 Å². The molecule has 2 aromatic rings. The number of anilines is 2. The molecule has 5 nitrogen and oxygen atoms in total. The Hall–Kier alpha value is -1.59. The van der Waals surface area contributed by atoms with Crippen molar-refractivity contribution in [2.45, 2.75) is 31.7 Å². The van der Waals surface area contributed by atoms with Gasteiger partial charge in [0.1, 0.15) is 5.82 Å². The highest BCUT2D eigenvalue weighted by atomic mass is 35.5. The van der Waals surface area contributed by atoms with E-state index in [0.29, 0.717) is 6.04 Å². The third-order valence-corrected chi connectivity index (χ3v) is 5.07. The largest absolute Gasteiger partial charge is 0.367 e. The van der Waals surface area contributed by atoms with Gasteiger partial charge in [-0.05, 0) is 32.0 Å². The van der Waals surface area contributed by atoms with Crippen molar-refractivity contribution in [2.24, 2.45) is 0 Å². The fraction of sp³-hybridized carbons (Fsp3) is 0.556. The van der Waals surface area contributed by atoms with Gasteiger partial charge < -0.3 is 15.1 Å². The monoisotopic (exact) mass is 347 g/mol. The molecule has 6 heteroatoms. The fourth-order valence-electron chi connectivity index (χ4n) is 3.59. The van der Waals surface area contributed by atoms with Gasteiger partial charge in [-0.15, -0.1) is 12.4 Å². The summed E-state index contributed by atoms with van der Waals surface area (Å²) in [6, 6.07) is 8.91. The molecular weight excluding hydrogens is 322 g/mol. The number of para-hydroxylation sites is 1. The van der Waals surface area contributed by atoms with Crippen molar-refractivity contribution in [3.8, 4) is 0 Å². The summed E-state index contributed by atoms with van der Waals surface area (Å²) in [4.78, 5) is 14.4. The zero-order valence-electron chi connectivity index (χ0n) is 14.2. The topological polar surface area (TPSA) is 44.3 Å². The molecular formula is C18H26ClN5. The van der Waals surface area contributed by atoms with E-state index in [4.69, 9.17) is 9.97 Å². The third kappa shape index (κ3) is 3.57. The maximum Gasteiger partial charge on any atom is 0.227 e. The Morgan fingerprint density at radius 3 is 2.46 bits per heavy atom. The van der Waals surface area contributed by atoms with Crippen molar-refractivity contribution >= 4 is 35.1 Å². The third-order valence-electron chi connectivity index (χ3n) is 5.07. The first-order valence-electron chi connectivity index (χ1n) is 8.76. The molecule has 2 heterocycles. The van der Waals surface area contributed by atoms with E-state index in [9.17, 15) is 0 Å². The van der Waals surface area contributed by atoms with E-state index in [1.165, 1.54) is 25.7 Å². The van der Waals surface area contributed by atoms with Crippen molar-refractivity contribution < 1.29 is 0 Å². The number of piperazine rings is 1. The van der Waals surface area contributed by atoms with E-state index in [-0.39, 0.29) is 12.4 Å². The average Bonchev–Trinajstić information content (AvgIpc) is 3.08. The Morgan fingerprint density at radius 2 is 1.71 bits per heavy atom. The molecule has 0 amide bonds. The van der Waals surface area contributed by atoms with Crippen LogP contribution in [-0.4, -0.2) is 54.1 Å². The summed E-state index contributed by atoms with van der Waals surface area (Å²) in [5.74, 6) is 1.88. The molecule has 1 aliphatic carbocycles. The van der Waals surface area contributed by atoms with Crippen molar-refractivity contribution in [1.29, 1.82) is 0 Å². The molecule has 0 atom stereocenters. The van der Waals surface area contributed by atoms with Gasteiger partial charge >= 0.3 is 0 Å². The summed E-state index contributed by atoms with van der Waals surface area (Å²) >= 11 is 0. The molecule has 130 valence electrons. The molecule has 1 aliphatic heterocycles. The number of fused-ring (bicyclic) bond motifs is 1. The standard InChI is InChI=1S/C18H25N5.ClH/c1-22-10-12-23(13-11-22)18-20-16-9-5-4-8-15(16)17(21-18)19-14-6-2-3-7-14;/h4-5,8-9,14H,2-3,6-7,10-13H2,1H3,(H,19,20,21);1H. The van der Waals surface area contributed by atoms with Crippen LogP contribution in [0.25, 0.3) is 10.9 Å². The summed E-state index contributed by atoms with van der Waals surface area (Å²) in [7, 11) is 2.17. The molecule has 1 saturated carbocycles. The zero-order valence-corrected chi connectivity index (χ0v) is 15.1. The molecule has 1 N–H and O–H groups in total. The summed E-state index contributed by atoms with van der Waals surface area (Å²) < 4.78 is 0. The van der Waals surface area contributed by atoms with Crippen LogP contribution in [0, 0.1) is 0 Å². The minimum absolute atomic E-state index is 0. The van der Waals surface area contributed by atoms with Gasteiger partial charge in [-0.1, -0.05) is 25.0 Å². The highest BCUT2D eigenvalue weighted by molar-refractivity contribution is 5.90. The van der Waals surface area contributed by atoms with Crippen molar-refractivity contribution in [3.05, 3.63) is 24.3 Å². The molecule has 0 spiro atoms. The molecule has 4 rings (SSSR count). The number of likely N-dealkylation sites (N-methyl/N-ethyl adjacent to an activating group) is 1. The van der Waals surface area contributed by atoms with Gasteiger partial charge in [0, 0.05) is 37.6 Å². The van der Waals surface area contributed by atoms with Crippen LogP contribution in [0.1, 0.15) is 25.7 Å². The first-order valence-corrected chi connectivity index (χ1v) is 8.76. The minimum atomic E-state index is 0. The molecule has 0 unspecified atom stereocenters. The Morgan fingerprint density at radius 1 is 1.00 bits per heavy atom. The Bertz CT molecular complexity index is 678. The lowest BCUT2D eigenvalue weighted by molar-refractivity contribution is 0.311. The molecule has 2 aliphatic rings. The quantitative estimate of drug-likeness (QED) is 0.924. The zero-order chi connectivity index (χ0) is 15.6. The lowest BCUT2D eigenvalue weighted by Gasteiger charge is -2.32. The number of nitrogens with one attached hydrogen (secondary N) is 1. The van der Waals surface area contributed by atoms with Gasteiger partial charge in [0.2, 0.25) is 5.95 Å². The van der Waals surface area contributed by atoms with Gasteiger partial charge in [0.15, 0.2) is 0 Å². The van der Waals surface area contributed by atoms with Crippen molar-refractivity contribution in [3.63, 3.8) is 0 Å². The molecule has 24 heavy (non-hydrogen) atoms. The van der Waals surface area contributed by atoms with Gasteiger partial charge in [-0.25, -0.2) is 4.98 Å². The van der Waals surface area contributed by atoms with Crippen LogP contribution in [0.2, 0.25) is 0 Å². The second kappa shape index (κ2) is 7.53. The molecule has 2 fully saturated rings. The van der Waals surface area contributed by atoms with Crippen molar-refractivity contribution in [1.82, 2.24) is 14.9 Å². The predicted octanol–water partition coefficient (Wildman–Crippen LogP) is 3.16. The maximum absolute atomic E-state index is 4.90. The van der Waals surface area contributed by atoms with E-state index >= 15 is 0 Å². The smallest absolute Gasteiger partial charge is 0.227 e. The number of nitrogens with zero attached hydrogens (tertiary/aromatic N) is 4. The number of hydrogen-bond acceptors (Lipinski definition) is 5. The van der Waals surface area contributed by atoms with Crippen LogP contribution < -0.4 is 10.2 Å². The molecule has 1 saturated heterocycles. The summed E-state index contributed by atoms with van der Waals surface area (Å²) in [6.07, 6.45) is 5.16. The Balaban J connectivity index is 0.00000169. The van der Waals surface area contributed by atoms with E-state index in [2.05, 4.69) is 46.4 Å². The molecule has 1 aromatic carbocycles. The predicted molar refractivity (Wildman–Crippen MR) is 102 cm³/mol. The van der Waals surface area contributed by atoms with E-state index < -0.39 is 0 Å². The molecule has 0 bridgehead atoms. The summed E-state index contributed by atoms with van der Waals surface area (Å²) in [5, 5.41) is 4.82. The normalized spacial score (nSPS) is 19.5. The highest BCUT2D eigenvalue weighted by Gasteiger charge is 2.20. The first-order chi connectivity index (χ1) is 11.3. The Kier molecular flexibility index (Phi) is 5.41. The van der Waals surface area contributed by atoms with Gasteiger partial charge in [-0.2, -0.15) is 4.98 Å². The van der Waals surface area contributed by atoms with E-state index in [0.717, 1.165) is 48.8 Å². The number of halogens is 1. The van der Waals surface area contributed by atoms with Crippen LogP contribution in [0.5, 0.6) is 0 Å². The van der Waals surface area contributed by atoms with Crippen LogP contribution in [-0.2, 0) is 0 Å². The van der Waals surface area contributed by atoms with Crippen LogP contribution in [0.15, 0.2) is 24.3 Å². The number of hydrogen-bond donors (Lipinski definition) is 1. The highest BCUT2D eigenvalue weighted by Crippen LogP contribution is 2.28. The minimum Gasteiger partial charge on any atom is -0.367 e. The van der Waals surface area contributed by atoms with E-state index in [1.807, 2.05) is 0 Å². The van der Waals surface area contributed by atoms with Gasteiger partial charge in [0.05, 0.1) is 5.52 Å². The van der Waals surface area contributed by atoms with Crippen molar-refractivity contribution in [2.75, 3.05) is 43.4 Å². The Labute approximate surface area is 149 Å². The number of rotatable bonds is 3. The lowest BCUT2D eigenvalue weighted by Crippen LogP contribution is -2.45. The van der Waals surface area contributed by atoms with E-state index in [1.54, 1.807) is 0 Å². The number of aromatic nitrogens is 2. The van der Waals surface area contributed by atoms with Crippen LogP contribution in [0.3, 0.4) is 0 Å². The number of benzene rings is 1. The van der Waals surface area contributed by atoms with Crippen LogP contribution in [0.4, 0.5) is 11.8 Å². The second-order valence-corrected chi connectivity index (χ2v) is 6.81. The fourth-order valence-corrected chi connectivity index (χ4v) is 3.59. The molecule has 0 radical (unpaired) electrons. The van der Waals surface area contributed by atoms with Gasteiger partial charge in [0.25, 0.3) is 0 Å².